The van der Waals surface area contributed by atoms with Gasteiger partial charge in [-0.15, -0.1) is 0 Å². The number of para-hydroxylation sites is 3. The Morgan fingerprint density at radius 1 is 0.365 bits per heavy atom. The van der Waals surface area contributed by atoms with E-state index < -0.39 is 0 Å². The lowest BCUT2D eigenvalue weighted by atomic mass is 9.73. The van der Waals surface area contributed by atoms with Gasteiger partial charge < -0.3 is 9.80 Å². The van der Waals surface area contributed by atoms with Gasteiger partial charge in [-0.1, -0.05) is 136 Å². The van der Waals surface area contributed by atoms with E-state index in [1.807, 2.05) is 0 Å². The highest BCUT2D eigenvalue weighted by atomic mass is 15.1. The monoisotopic (exact) mass is 672 g/mol. The minimum atomic E-state index is -0.0150. The molecule has 2 nitrogen and oxygen atoms in total. The van der Waals surface area contributed by atoms with Crippen molar-refractivity contribution in [3.63, 3.8) is 0 Å². The first kappa shape index (κ1) is 32.1. The van der Waals surface area contributed by atoms with Crippen molar-refractivity contribution in [3.05, 3.63) is 204 Å². The van der Waals surface area contributed by atoms with Crippen molar-refractivity contribution in [1.29, 1.82) is 0 Å². The Balaban J connectivity index is 1.08. The van der Waals surface area contributed by atoms with E-state index in [1.165, 1.54) is 63.3 Å². The molecule has 0 N–H and O–H groups in total. The molecule has 0 aromatic heterocycles. The summed E-state index contributed by atoms with van der Waals surface area (Å²) in [6.07, 6.45) is 4.81. The van der Waals surface area contributed by atoms with Crippen LogP contribution in [0.1, 0.15) is 61.8 Å². The van der Waals surface area contributed by atoms with Crippen LogP contribution in [0, 0.1) is 0 Å². The molecule has 0 heterocycles. The Labute approximate surface area is 308 Å². The molecule has 0 atom stereocenters. The molecule has 0 aliphatic heterocycles. The number of hydrogen-bond acceptors (Lipinski definition) is 2. The molecule has 1 saturated carbocycles. The second-order valence-electron chi connectivity index (χ2n) is 15.0. The van der Waals surface area contributed by atoms with Crippen molar-refractivity contribution in [1.82, 2.24) is 0 Å². The third kappa shape index (κ3) is 5.42. The van der Waals surface area contributed by atoms with E-state index in [4.69, 9.17) is 0 Å². The van der Waals surface area contributed by atoms with Crippen molar-refractivity contribution in [2.45, 2.75) is 50.4 Å². The number of benzene rings is 7. The van der Waals surface area contributed by atoms with Gasteiger partial charge in [-0.25, -0.2) is 0 Å². The summed E-state index contributed by atoms with van der Waals surface area (Å²) in [5, 5.41) is 0. The minimum Gasteiger partial charge on any atom is -0.311 e. The molecule has 254 valence electrons. The van der Waals surface area contributed by atoms with Gasteiger partial charge in [0, 0.05) is 45.0 Å². The van der Waals surface area contributed by atoms with Gasteiger partial charge in [-0.3, -0.25) is 0 Å². The lowest BCUT2D eigenvalue weighted by Gasteiger charge is -2.33. The Kier molecular flexibility index (Phi) is 8.04. The zero-order chi connectivity index (χ0) is 35.1. The molecule has 0 radical (unpaired) electrons. The fraction of sp³-hybridized carbons (Fsp3) is 0.160. The van der Waals surface area contributed by atoms with Crippen LogP contribution in [0.4, 0.5) is 34.1 Å². The molecule has 52 heavy (non-hydrogen) atoms. The first-order valence-electron chi connectivity index (χ1n) is 18.7. The second-order valence-corrected chi connectivity index (χ2v) is 15.0. The summed E-state index contributed by atoms with van der Waals surface area (Å²) in [7, 11) is 0. The molecule has 0 unspecified atom stereocenters. The van der Waals surface area contributed by atoms with Gasteiger partial charge in [0.25, 0.3) is 0 Å². The van der Waals surface area contributed by atoms with E-state index in [2.05, 4.69) is 206 Å². The lowest BCUT2D eigenvalue weighted by Crippen LogP contribution is -2.24. The van der Waals surface area contributed by atoms with Crippen LogP contribution in [0.15, 0.2) is 182 Å². The van der Waals surface area contributed by atoms with E-state index in [1.54, 1.807) is 0 Å². The Hall–Kier alpha value is -5.86. The largest absolute Gasteiger partial charge is 0.311 e. The molecule has 0 amide bonds. The van der Waals surface area contributed by atoms with E-state index in [-0.39, 0.29) is 10.8 Å². The molecule has 1 fully saturated rings. The van der Waals surface area contributed by atoms with Gasteiger partial charge >= 0.3 is 0 Å². The summed E-state index contributed by atoms with van der Waals surface area (Å²) in [5.41, 5.74) is 15.3. The van der Waals surface area contributed by atoms with Crippen LogP contribution in [0.3, 0.4) is 0 Å². The maximum atomic E-state index is 2.41. The average molecular weight is 673 g/mol. The normalized spacial score (nSPS) is 15.1. The maximum absolute atomic E-state index is 2.41. The summed E-state index contributed by atoms with van der Waals surface area (Å²) < 4.78 is 0. The van der Waals surface area contributed by atoms with Crippen LogP contribution in [0.2, 0.25) is 0 Å². The van der Waals surface area contributed by atoms with Crippen molar-refractivity contribution in [2.24, 2.45) is 0 Å². The highest BCUT2D eigenvalue weighted by molar-refractivity contribution is 5.86. The van der Waals surface area contributed by atoms with Gasteiger partial charge in [0.1, 0.15) is 0 Å². The SMILES string of the molecule is CC1(C)c2ccccc2-c2cc(N(c3ccccc3)c3ccc(C4(c5ccc(N(c6ccccc6)c6ccccc6)cc5)CCCC4)cc3)ccc21. The smallest absolute Gasteiger partial charge is 0.0468 e. The number of hydrogen-bond donors (Lipinski definition) is 0. The van der Waals surface area contributed by atoms with Crippen molar-refractivity contribution in [3.8, 4) is 11.1 Å². The van der Waals surface area contributed by atoms with Crippen LogP contribution in [-0.2, 0) is 10.8 Å². The summed E-state index contributed by atoms with van der Waals surface area (Å²) >= 11 is 0. The molecule has 7 aromatic carbocycles. The molecule has 0 bridgehead atoms. The summed E-state index contributed by atoms with van der Waals surface area (Å²) in [6.45, 7) is 4.69. The predicted molar refractivity (Wildman–Crippen MR) is 219 cm³/mol. The topological polar surface area (TPSA) is 6.48 Å². The maximum Gasteiger partial charge on any atom is 0.0468 e. The van der Waals surface area contributed by atoms with Gasteiger partial charge in [-0.05, 0) is 119 Å². The van der Waals surface area contributed by atoms with Gasteiger partial charge in [0.05, 0.1) is 0 Å². The minimum absolute atomic E-state index is 0.00181. The first-order chi connectivity index (χ1) is 25.5. The fourth-order valence-corrected chi connectivity index (χ4v) is 9.05. The van der Waals surface area contributed by atoms with Crippen LogP contribution >= 0.6 is 0 Å². The predicted octanol–water partition coefficient (Wildman–Crippen LogP) is 13.8. The second kappa shape index (κ2) is 13.0. The Morgan fingerprint density at radius 2 is 0.750 bits per heavy atom. The summed E-state index contributed by atoms with van der Waals surface area (Å²) in [6, 6.07) is 67.0. The Morgan fingerprint density at radius 3 is 1.25 bits per heavy atom. The van der Waals surface area contributed by atoms with E-state index in [9.17, 15) is 0 Å². The number of fused-ring (bicyclic) bond motifs is 3. The summed E-state index contributed by atoms with van der Waals surface area (Å²) in [4.78, 5) is 4.76. The molecule has 0 spiro atoms. The van der Waals surface area contributed by atoms with E-state index in [0.717, 1.165) is 29.9 Å². The molecule has 2 aliphatic rings. The summed E-state index contributed by atoms with van der Waals surface area (Å²) in [5.74, 6) is 0. The Bertz CT molecular complexity index is 2260. The van der Waals surface area contributed by atoms with Gasteiger partial charge in [0.15, 0.2) is 0 Å². The van der Waals surface area contributed by atoms with Crippen molar-refractivity contribution in [2.75, 3.05) is 9.80 Å². The molecule has 9 rings (SSSR count). The standard InChI is InChI=1S/C50H44N2/c1-49(2)47-23-13-12-22-45(47)46-36-44(32-33-48(46)49)52(41-20-10-5-11-21-41)43-30-26-38(27-31-43)50(34-14-15-35-50)37-24-28-42(29-25-37)51(39-16-6-3-7-17-39)40-18-8-4-9-19-40/h3-13,16-33,36H,14-15,34-35H2,1-2H3. The number of rotatable bonds is 8. The van der Waals surface area contributed by atoms with Crippen LogP contribution < -0.4 is 9.80 Å². The van der Waals surface area contributed by atoms with E-state index >= 15 is 0 Å². The molecule has 7 aromatic rings. The molecule has 2 heteroatoms. The lowest BCUT2D eigenvalue weighted by molar-refractivity contribution is 0.535. The van der Waals surface area contributed by atoms with Crippen molar-refractivity contribution < 1.29 is 0 Å². The van der Waals surface area contributed by atoms with Crippen LogP contribution in [0.5, 0.6) is 0 Å². The zero-order valence-electron chi connectivity index (χ0n) is 30.0. The zero-order valence-corrected chi connectivity index (χ0v) is 30.0. The highest BCUT2D eigenvalue weighted by Gasteiger charge is 2.38. The highest BCUT2D eigenvalue weighted by Crippen LogP contribution is 2.51. The molecule has 2 aliphatic carbocycles. The fourth-order valence-electron chi connectivity index (χ4n) is 9.05. The average Bonchev–Trinajstić information content (AvgIpc) is 3.79. The van der Waals surface area contributed by atoms with Crippen LogP contribution in [0.25, 0.3) is 11.1 Å². The first-order valence-corrected chi connectivity index (χ1v) is 18.7. The van der Waals surface area contributed by atoms with Crippen LogP contribution in [-0.4, -0.2) is 0 Å². The third-order valence-corrected chi connectivity index (χ3v) is 11.7. The van der Waals surface area contributed by atoms with Gasteiger partial charge in [-0.2, -0.15) is 0 Å². The molecular weight excluding hydrogens is 629 g/mol. The third-order valence-electron chi connectivity index (χ3n) is 11.7. The number of anilines is 6. The van der Waals surface area contributed by atoms with Crippen molar-refractivity contribution >= 4 is 34.1 Å². The molecular formula is C50H44N2. The molecule has 0 saturated heterocycles. The van der Waals surface area contributed by atoms with Gasteiger partial charge in [0.2, 0.25) is 0 Å². The quantitative estimate of drug-likeness (QED) is 0.159. The van der Waals surface area contributed by atoms with E-state index in [0.29, 0.717) is 0 Å². The number of nitrogens with zero attached hydrogens (tertiary/aromatic N) is 2.